The van der Waals surface area contributed by atoms with Gasteiger partial charge in [-0.05, 0) is 35.4 Å². The Morgan fingerprint density at radius 2 is 1.54 bits per heavy atom. The van der Waals surface area contributed by atoms with Crippen LogP contribution in [0.2, 0.25) is 0 Å². The van der Waals surface area contributed by atoms with Crippen molar-refractivity contribution in [3.05, 3.63) is 102 Å². The average molecular weight is 338 g/mol. The van der Waals surface area contributed by atoms with E-state index in [1.54, 1.807) is 0 Å². The minimum Gasteiger partial charge on any atom is -0.348 e. The largest absolute Gasteiger partial charge is 0.348 e. The van der Waals surface area contributed by atoms with Crippen molar-refractivity contribution in [3.63, 3.8) is 0 Å². The van der Waals surface area contributed by atoms with Crippen LogP contribution >= 0.6 is 0 Å². The standard InChI is InChI=1S/C23H18N2O/c26-23(25-15-17-6-2-1-3-7-17)19-12-10-18(11-13-19)21-14-20-8-4-5-9-22(20)24-16-21/h1-14,16H,15H2,(H,25,26). The van der Waals surface area contributed by atoms with Gasteiger partial charge in [0.15, 0.2) is 0 Å². The number of benzene rings is 3. The highest BCUT2D eigenvalue weighted by Crippen LogP contribution is 2.23. The molecule has 0 aliphatic heterocycles. The number of nitrogens with zero attached hydrogens (tertiary/aromatic N) is 1. The van der Waals surface area contributed by atoms with E-state index < -0.39 is 0 Å². The van der Waals surface area contributed by atoms with Crippen molar-refractivity contribution in [1.82, 2.24) is 10.3 Å². The molecule has 1 amide bonds. The van der Waals surface area contributed by atoms with E-state index in [9.17, 15) is 4.79 Å². The fourth-order valence-electron chi connectivity index (χ4n) is 2.92. The number of fused-ring (bicyclic) bond motifs is 1. The molecular formula is C23H18N2O. The Labute approximate surface area is 152 Å². The van der Waals surface area contributed by atoms with Gasteiger partial charge in [0, 0.05) is 29.3 Å². The van der Waals surface area contributed by atoms with Crippen molar-refractivity contribution in [2.24, 2.45) is 0 Å². The van der Waals surface area contributed by atoms with Crippen molar-refractivity contribution in [1.29, 1.82) is 0 Å². The highest BCUT2D eigenvalue weighted by Gasteiger charge is 2.06. The van der Waals surface area contributed by atoms with Crippen molar-refractivity contribution >= 4 is 16.8 Å². The predicted octanol–water partition coefficient (Wildman–Crippen LogP) is 4.83. The van der Waals surface area contributed by atoms with Crippen molar-refractivity contribution in [2.45, 2.75) is 6.54 Å². The first-order valence-electron chi connectivity index (χ1n) is 8.57. The topological polar surface area (TPSA) is 42.0 Å². The number of nitrogens with one attached hydrogen (secondary N) is 1. The number of amides is 1. The Kier molecular flexibility index (Phi) is 4.44. The van der Waals surface area contributed by atoms with Crippen LogP contribution in [0.15, 0.2) is 91.1 Å². The molecule has 0 spiro atoms. The molecule has 3 nitrogen and oxygen atoms in total. The van der Waals surface area contributed by atoms with Gasteiger partial charge in [0.05, 0.1) is 5.52 Å². The SMILES string of the molecule is O=C(NCc1ccccc1)c1ccc(-c2cnc3ccccc3c2)cc1. The van der Waals surface area contributed by atoms with Crippen LogP contribution in [0.3, 0.4) is 0 Å². The highest BCUT2D eigenvalue weighted by atomic mass is 16.1. The first-order chi connectivity index (χ1) is 12.8. The molecule has 0 radical (unpaired) electrons. The summed E-state index contributed by atoms with van der Waals surface area (Å²) in [4.78, 5) is 16.8. The van der Waals surface area contributed by atoms with Gasteiger partial charge in [0.1, 0.15) is 0 Å². The van der Waals surface area contributed by atoms with E-state index in [2.05, 4.69) is 22.4 Å². The zero-order valence-corrected chi connectivity index (χ0v) is 14.2. The maximum absolute atomic E-state index is 12.3. The second-order valence-electron chi connectivity index (χ2n) is 6.16. The van der Waals surface area contributed by atoms with E-state index in [-0.39, 0.29) is 5.91 Å². The first kappa shape index (κ1) is 16.0. The molecule has 1 N–H and O–H groups in total. The van der Waals surface area contributed by atoms with E-state index in [0.717, 1.165) is 27.6 Å². The number of para-hydroxylation sites is 1. The van der Waals surface area contributed by atoms with Crippen LogP contribution in [-0.2, 0) is 6.54 Å². The molecule has 0 fully saturated rings. The molecule has 1 heterocycles. The van der Waals surface area contributed by atoms with Crippen LogP contribution in [0.1, 0.15) is 15.9 Å². The van der Waals surface area contributed by atoms with Crippen LogP contribution in [-0.4, -0.2) is 10.9 Å². The van der Waals surface area contributed by atoms with Gasteiger partial charge in [-0.15, -0.1) is 0 Å². The normalized spacial score (nSPS) is 10.6. The molecule has 3 aromatic carbocycles. The van der Waals surface area contributed by atoms with E-state index in [1.807, 2.05) is 79.0 Å². The van der Waals surface area contributed by atoms with E-state index in [1.165, 1.54) is 0 Å². The number of carbonyl (C=O) groups is 1. The van der Waals surface area contributed by atoms with Gasteiger partial charge in [-0.3, -0.25) is 9.78 Å². The maximum Gasteiger partial charge on any atom is 0.251 e. The smallest absolute Gasteiger partial charge is 0.251 e. The summed E-state index contributed by atoms with van der Waals surface area (Å²) in [6.07, 6.45) is 1.87. The minimum absolute atomic E-state index is 0.0722. The summed E-state index contributed by atoms with van der Waals surface area (Å²) in [5, 5.41) is 4.05. The summed E-state index contributed by atoms with van der Waals surface area (Å²) >= 11 is 0. The maximum atomic E-state index is 12.3. The summed E-state index contributed by atoms with van der Waals surface area (Å²) in [5.74, 6) is -0.0722. The Morgan fingerprint density at radius 3 is 2.35 bits per heavy atom. The second-order valence-corrected chi connectivity index (χ2v) is 6.16. The summed E-state index contributed by atoms with van der Waals surface area (Å²) in [5.41, 5.74) is 4.80. The number of aromatic nitrogens is 1. The number of rotatable bonds is 4. The Morgan fingerprint density at radius 1 is 0.808 bits per heavy atom. The molecule has 26 heavy (non-hydrogen) atoms. The molecule has 0 aliphatic rings. The Hall–Kier alpha value is -3.46. The molecule has 0 unspecified atom stereocenters. The van der Waals surface area contributed by atoms with Crippen LogP contribution in [0.4, 0.5) is 0 Å². The summed E-state index contributed by atoms with van der Waals surface area (Å²) in [6, 6.07) is 27.7. The molecule has 0 atom stereocenters. The van der Waals surface area contributed by atoms with Crippen LogP contribution in [0.5, 0.6) is 0 Å². The van der Waals surface area contributed by atoms with Crippen molar-refractivity contribution in [2.75, 3.05) is 0 Å². The third kappa shape index (κ3) is 3.47. The summed E-state index contributed by atoms with van der Waals surface area (Å²) < 4.78 is 0. The molecule has 126 valence electrons. The molecular weight excluding hydrogens is 320 g/mol. The zero-order chi connectivity index (χ0) is 17.8. The molecule has 4 aromatic rings. The van der Waals surface area contributed by atoms with E-state index in [0.29, 0.717) is 12.1 Å². The first-order valence-corrected chi connectivity index (χ1v) is 8.57. The molecule has 4 rings (SSSR count). The second kappa shape index (κ2) is 7.19. The number of hydrogen-bond donors (Lipinski definition) is 1. The van der Waals surface area contributed by atoms with Gasteiger partial charge in [-0.1, -0.05) is 60.7 Å². The lowest BCUT2D eigenvalue weighted by molar-refractivity contribution is 0.0951. The monoisotopic (exact) mass is 338 g/mol. The molecule has 0 saturated carbocycles. The minimum atomic E-state index is -0.0722. The lowest BCUT2D eigenvalue weighted by atomic mass is 10.0. The van der Waals surface area contributed by atoms with Crippen molar-refractivity contribution < 1.29 is 4.79 Å². The molecule has 3 heteroatoms. The average Bonchev–Trinajstić information content (AvgIpc) is 2.72. The molecule has 0 aliphatic carbocycles. The van der Waals surface area contributed by atoms with Crippen molar-refractivity contribution in [3.8, 4) is 11.1 Å². The van der Waals surface area contributed by atoms with Gasteiger partial charge < -0.3 is 5.32 Å². The van der Waals surface area contributed by atoms with Gasteiger partial charge in [0.25, 0.3) is 5.91 Å². The lowest BCUT2D eigenvalue weighted by Crippen LogP contribution is -2.22. The fourth-order valence-corrected chi connectivity index (χ4v) is 2.92. The van der Waals surface area contributed by atoms with Gasteiger partial charge >= 0.3 is 0 Å². The molecule has 1 aromatic heterocycles. The van der Waals surface area contributed by atoms with E-state index in [4.69, 9.17) is 0 Å². The highest BCUT2D eigenvalue weighted by molar-refractivity contribution is 5.94. The Balaban J connectivity index is 1.49. The predicted molar refractivity (Wildman–Crippen MR) is 105 cm³/mol. The number of hydrogen-bond acceptors (Lipinski definition) is 2. The molecule has 0 saturated heterocycles. The quantitative estimate of drug-likeness (QED) is 0.579. The third-order valence-electron chi connectivity index (χ3n) is 4.37. The third-order valence-corrected chi connectivity index (χ3v) is 4.37. The van der Waals surface area contributed by atoms with Gasteiger partial charge in [-0.25, -0.2) is 0 Å². The van der Waals surface area contributed by atoms with Gasteiger partial charge in [0.2, 0.25) is 0 Å². The number of carbonyl (C=O) groups excluding carboxylic acids is 1. The van der Waals surface area contributed by atoms with Crippen LogP contribution in [0.25, 0.3) is 22.0 Å². The van der Waals surface area contributed by atoms with Crippen LogP contribution < -0.4 is 5.32 Å². The Bertz CT molecular complexity index is 1040. The number of pyridine rings is 1. The molecule has 0 bridgehead atoms. The van der Waals surface area contributed by atoms with Crippen LogP contribution in [0, 0.1) is 0 Å². The summed E-state index contributed by atoms with van der Waals surface area (Å²) in [7, 11) is 0. The fraction of sp³-hybridized carbons (Fsp3) is 0.0435. The summed E-state index contributed by atoms with van der Waals surface area (Å²) in [6.45, 7) is 0.524. The lowest BCUT2D eigenvalue weighted by Gasteiger charge is -2.07. The van der Waals surface area contributed by atoms with Gasteiger partial charge in [-0.2, -0.15) is 0 Å². The zero-order valence-electron chi connectivity index (χ0n) is 14.2. The van der Waals surface area contributed by atoms with E-state index >= 15 is 0 Å².